The van der Waals surface area contributed by atoms with Crippen LogP contribution in [0.15, 0.2) is 40.5 Å². The van der Waals surface area contributed by atoms with Gasteiger partial charge in [-0.05, 0) is 31.2 Å². The third kappa shape index (κ3) is 3.80. The first-order valence-corrected chi connectivity index (χ1v) is 9.48. The Bertz CT molecular complexity index is 1240. The highest BCUT2D eigenvalue weighted by Crippen LogP contribution is 2.34. The molecule has 0 bridgehead atoms. The van der Waals surface area contributed by atoms with E-state index in [-0.39, 0.29) is 29.1 Å². The molecule has 0 aliphatic rings. The van der Waals surface area contributed by atoms with Gasteiger partial charge in [-0.25, -0.2) is 14.1 Å². The molecule has 10 heteroatoms. The van der Waals surface area contributed by atoms with Crippen LogP contribution in [0.2, 0.25) is 0 Å². The molecule has 0 radical (unpaired) electrons. The van der Waals surface area contributed by atoms with Gasteiger partial charge >= 0.3 is 6.18 Å². The number of aromatic nitrogens is 4. The van der Waals surface area contributed by atoms with Gasteiger partial charge in [-0.2, -0.15) is 18.3 Å². The highest BCUT2D eigenvalue weighted by molar-refractivity contribution is 7.09. The summed E-state index contributed by atoms with van der Waals surface area (Å²) in [6, 6.07) is 6.50. The fourth-order valence-corrected chi connectivity index (χ4v) is 3.95. The highest BCUT2D eigenvalue weighted by atomic mass is 32.1. The van der Waals surface area contributed by atoms with Crippen LogP contribution in [0.25, 0.3) is 22.3 Å². The number of fused-ring (bicyclic) bond motifs is 1. The molecule has 150 valence electrons. The Morgan fingerprint density at radius 2 is 1.93 bits per heavy atom. The summed E-state index contributed by atoms with van der Waals surface area (Å²) in [4.78, 5) is 18.7. The van der Waals surface area contributed by atoms with Crippen LogP contribution in [-0.2, 0) is 19.1 Å². The van der Waals surface area contributed by atoms with Crippen molar-refractivity contribution in [1.82, 2.24) is 19.7 Å². The van der Waals surface area contributed by atoms with E-state index in [1.54, 1.807) is 12.1 Å². The summed E-state index contributed by atoms with van der Waals surface area (Å²) in [5.41, 5.74) is -0.133. The zero-order chi connectivity index (χ0) is 20.8. The molecule has 0 amide bonds. The maximum absolute atomic E-state index is 13.3. The molecule has 0 fully saturated rings. The third-order valence-corrected chi connectivity index (χ3v) is 5.36. The van der Waals surface area contributed by atoms with E-state index in [1.165, 1.54) is 35.1 Å². The lowest BCUT2D eigenvalue weighted by Crippen LogP contribution is -2.15. The minimum absolute atomic E-state index is 0.0395. The van der Waals surface area contributed by atoms with E-state index in [1.807, 2.05) is 5.38 Å². The van der Waals surface area contributed by atoms with E-state index >= 15 is 0 Å². The summed E-state index contributed by atoms with van der Waals surface area (Å²) in [5.74, 6) is -0.336. The molecule has 0 atom stereocenters. The van der Waals surface area contributed by atoms with Crippen molar-refractivity contribution in [2.45, 2.75) is 26.1 Å². The van der Waals surface area contributed by atoms with Gasteiger partial charge in [0.1, 0.15) is 11.5 Å². The average molecular weight is 422 g/mol. The summed E-state index contributed by atoms with van der Waals surface area (Å²) >= 11 is 1.39. The maximum Gasteiger partial charge on any atom is 0.417 e. The van der Waals surface area contributed by atoms with Crippen LogP contribution in [0.1, 0.15) is 16.3 Å². The second-order valence-corrected chi connectivity index (χ2v) is 7.40. The minimum Gasteiger partial charge on any atom is -0.307 e. The molecule has 3 heterocycles. The number of alkyl halides is 3. The van der Waals surface area contributed by atoms with Crippen molar-refractivity contribution < 1.29 is 17.6 Å². The molecule has 0 unspecified atom stereocenters. The highest BCUT2D eigenvalue weighted by Gasteiger charge is 2.35. The van der Waals surface area contributed by atoms with E-state index in [9.17, 15) is 22.4 Å². The second kappa shape index (κ2) is 7.11. The number of hydrogen-bond acceptors (Lipinski definition) is 4. The van der Waals surface area contributed by atoms with E-state index in [0.29, 0.717) is 18.2 Å². The molecule has 1 aromatic carbocycles. The number of halogens is 4. The number of aryl methyl sites for hydroxylation is 3. The van der Waals surface area contributed by atoms with Crippen molar-refractivity contribution in [3.8, 4) is 11.3 Å². The Balaban J connectivity index is 1.62. The van der Waals surface area contributed by atoms with Gasteiger partial charge in [0.2, 0.25) is 5.56 Å². The molecule has 5 nitrogen and oxygen atoms in total. The molecule has 0 saturated carbocycles. The summed E-state index contributed by atoms with van der Waals surface area (Å²) < 4.78 is 54.3. The van der Waals surface area contributed by atoms with Crippen LogP contribution >= 0.6 is 11.3 Å². The van der Waals surface area contributed by atoms with Crippen LogP contribution in [-0.4, -0.2) is 19.7 Å². The standard InChI is InChI=1S/C19H14F4N4OS/c1-10-17-13(19(21,22)23)8-15(28)25-18(17)27(26-10)7-6-16-24-14(9-29-16)11-2-4-12(20)5-3-11/h2-5,8-9H,6-7H2,1H3,(H,25,28). The van der Waals surface area contributed by atoms with Crippen molar-refractivity contribution in [2.24, 2.45) is 0 Å². The van der Waals surface area contributed by atoms with Gasteiger partial charge < -0.3 is 4.98 Å². The van der Waals surface area contributed by atoms with Gasteiger partial charge in [0.05, 0.1) is 27.3 Å². The number of thiazole rings is 1. The van der Waals surface area contributed by atoms with Crippen LogP contribution < -0.4 is 5.56 Å². The fraction of sp³-hybridized carbons (Fsp3) is 0.211. The number of rotatable bonds is 4. The molecule has 3 aromatic heterocycles. The second-order valence-electron chi connectivity index (χ2n) is 6.46. The van der Waals surface area contributed by atoms with Crippen LogP contribution in [0.4, 0.5) is 17.6 Å². The minimum atomic E-state index is -4.65. The van der Waals surface area contributed by atoms with Crippen LogP contribution in [0, 0.1) is 12.7 Å². The lowest BCUT2D eigenvalue weighted by atomic mass is 10.1. The number of hydrogen-bond donors (Lipinski definition) is 1. The Hall–Kier alpha value is -3.01. The molecule has 29 heavy (non-hydrogen) atoms. The van der Waals surface area contributed by atoms with E-state index < -0.39 is 17.3 Å². The molecule has 0 aliphatic carbocycles. The lowest BCUT2D eigenvalue weighted by molar-refractivity contribution is -0.136. The monoisotopic (exact) mass is 422 g/mol. The van der Waals surface area contributed by atoms with E-state index in [2.05, 4.69) is 15.1 Å². The zero-order valence-electron chi connectivity index (χ0n) is 15.0. The Labute approximate surface area is 165 Å². The lowest BCUT2D eigenvalue weighted by Gasteiger charge is -2.08. The largest absolute Gasteiger partial charge is 0.417 e. The third-order valence-electron chi connectivity index (χ3n) is 4.45. The topological polar surface area (TPSA) is 63.6 Å². The Kier molecular flexibility index (Phi) is 4.73. The summed E-state index contributed by atoms with van der Waals surface area (Å²) in [6.45, 7) is 1.72. The van der Waals surface area contributed by atoms with Gasteiger partial charge in [-0.1, -0.05) is 0 Å². The van der Waals surface area contributed by atoms with Gasteiger partial charge in [-0.3, -0.25) is 4.79 Å². The number of benzene rings is 1. The van der Waals surface area contributed by atoms with Crippen LogP contribution in [0.5, 0.6) is 0 Å². The van der Waals surface area contributed by atoms with E-state index in [0.717, 1.165) is 10.6 Å². The number of H-pyrrole nitrogens is 1. The number of pyridine rings is 1. The SMILES string of the molecule is Cc1nn(CCc2nc(-c3ccc(F)cc3)cs2)c2[nH]c(=O)cc(C(F)(F)F)c12. The van der Waals surface area contributed by atoms with Crippen molar-refractivity contribution in [1.29, 1.82) is 0 Å². The van der Waals surface area contributed by atoms with Crippen molar-refractivity contribution in [3.63, 3.8) is 0 Å². The maximum atomic E-state index is 13.3. The predicted molar refractivity (Wildman–Crippen MR) is 101 cm³/mol. The molecule has 4 rings (SSSR count). The first-order chi connectivity index (χ1) is 13.7. The molecule has 0 aliphatic heterocycles. The smallest absolute Gasteiger partial charge is 0.307 e. The van der Waals surface area contributed by atoms with Gasteiger partial charge in [-0.15, -0.1) is 11.3 Å². The van der Waals surface area contributed by atoms with Gasteiger partial charge in [0.25, 0.3) is 0 Å². The van der Waals surface area contributed by atoms with Gasteiger partial charge in [0, 0.05) is 30.0 Å². The summed E-state index contributed by atoms with van der Waals surface area (Å²) in [6.07, 6.45) is -4.23. The average Bonchev–Trinajstić information content (AvgIpc) is 3.24. The predicted octanol–water partition coefficient (Wildman–Crippen LogP) is 4.56. The molecule has 4 aromatic rings. The van der Waals surface area contributed by atoms with Gasteiger partial charge in [0.15, 0.2) is 0 Å². The molecule has 0 saturated heterocycles. The fourth-order valence-electron chi connectivity index (χ4n) is 3.15. The number of nitrogens with zero attached hydrogens (tertiary/aromatic N) is 3. The van der Waals surface area contributed by atoms with Crippen molar-refractivity contribution in [2.75, 3.05) is 0 Å². The van der Waals surface area contributed by atoms with Crippen LogP contribution in [0.3, 0.4) is 0 Å². The first kappa shape index (κ1) is 19.3. The number of nitrogens with one attached hydrogen (secondary N) is 1. The summed E-state index contributed by atoms with van der Waals surface area (Å²) in [5, 5.41) is 6.65. The molecular weight excluding hydrogens is 408 g/mol. The normalized spacial score (nSPS) is 12.0. The van der Waals surface area contributed by atoms with Crippen molar-refractivity contribution in [3.05, 3.63) is 68.1 Å². The first-order valence-electron chi connectivity index (χ1n) is 8.60. The molecular formula is C19H14F4N4OS. The molecule has 0 spiro atoms. The molecule has 1 N–H and O–H groups in total. The van der Waals surface area contributed by atoms with E-state index in [4.69, 9.17) is 0 Å². The van der Waals surface area contributed by atoms with Crippen molar-refractivity contribution >= 4 is 22.4 Å². The Morgan fingerprint density at radius 3 is 2.62 bits per heavy atom. The Morgan fingerprint density at radius 1 is 1.21 bits per heavy atom. The summed E-state index contributed by atoms with van der Waals surface area (Å²) in [7, 11) is 0. The zero-order valence-corrected chi connectivity index (χ0v) is 15.9. The quantitative estimate of drug-likeness (QED) is 0.491. The number of aromatic amines is 1.